The average Bonchev–Trinajstić information content (AvgIpc) is 3.15. The Balaban J connectivity index is 1.63. The van der Waals surface area contributed by atoms with Crippen molar-refractivity contribution in [3.05, 3.63) is 41.7 Å². The number of hydrogen-bond acceptors (Lipinski definition) is 5. The molecule has 3 rings (SSSR count). The number of rotatable bonds is 6. The van der Waals surface area contributed by atoms with Crippen LogP contribution in [0, 0.1) is 19.8 Å². The molecule has 0 aliphatic carbocycles. The van der Waals surface area contributed by atoms with Gasteiger partial charge in [0.15, 0.2) is 5.16 Å². The van der Waals surface area contributed by atoms with Crippen molar-refractivity contribution in [2.24, 2.45) is 5.92 Å². The normalized spacial score (nSPS) is 15.9. The summed E-state index contributed by atoms with van der Waals surface area (Å²) < 4.78 is 7.14. The predicted molar refractivity (Wildman–Crippen MR) is 114 cm³/mol. The van der Waals surface area contributed by atoms with E-state index in [2.05, 4.69) is 37.0 Å². The van der Waals surface area contributed by atoms with E-state index >= 15 is 0 Å². The van der Waals surface area contributed by atoms with E-state index in [9.17, 15) is 9.59 Å². The number of esters is 1. The van der Waals surface area contributed by atoms with Gasteiger partial charge in [-0.05, 0) is 63.8 Å². The zero-order valence-electron chi connectivity index (χ0n) is 17.6. The first kappa shape index (κ1) is 21.4. The Morgan fingerprint density at radius 2 is 1.86 bits per heavy atom. The third kappa shape index (κ3) is 5.21. The van der Waals surface area contributed by atoms with Crippen LogP contribution in [0.5, 0.6) is 0 Å². The monoisotopic (exact) mass is 415 g/mol. The lowest BCUT2D eigenvalue weighted by Gasteiger charge is -2.32. The Kier molecular flexibility index (Phi) is 7.00. The maximum Gasteiger partial charge on any atom is 0.309 e. The molecule has 156 valence electrons. The molecule has 7 heteroatoms. The summed E-state index contributed by atoms with van der Waals surface area (Å²) in [6.07, 6.45) is 5.03. The van der Waals surface area contributed by atoms with Gasteiger partial charge < -0.3 is 9.64 Å². The van der Waals surface area contributed by atoms with Gasteiger partial charge in [0.05, 0.1) is 17.8 Å². The highest BCUT2D eigenvalue weighted by Gasteiger charge is 2.30. The number of nitrogens with zero attached hydrogens (tertiary/aromatic N) is 3. The van der Waals surface area contributed by atoms with Crippen LogP contribution in [0.1, 0.15) is 37.8 Å². The van der Waals surface area contributed by atoms with Crippen molar-refractivity contribution in [2.45, 2.75) is 50.9 Å². The summed E-state index contributed by atoms with van der Waals surface area (Å²) in [5.74, 6) is -0.143. The molecule has 6 nitrogen and oxygen atoms in total. The molecular weight excluding hydrogens is 386 g/mol. The van der Waals surface area contributed by atoms with Crippen molar-refractivity contribution in [2.75, 3.05) is 19.7 Å². The van der Waals surface area contributed by atoms with Crippen LogP contribution in [-0.2, 0) is 14.3 Å². The maximum atomic E-state index is 12.9. The Hall–Kier alpha value is -2.28. The summed E-state index contributed by atoms with van der Waals surface area (Å²) in [5.41, 5.74) is 3.44. The molecule has 0 radical (unpaired) electrons. The topological polar surface area (TPSA) is 64.4 Å². The molecule has 1 fully saturated rings. The SMILES string of the molecule is CCOC(=O)C1CCN(C(=O)[C@@H](C)Sc2nccn2-c2cc(C)cc(C)c2)CC1. The first-order valence-electron chi connectivity index (χ1n) is 10.1. The second-order valence-electron chi connectivity index (χ2n) is 7.54. The molecule has 1 aliphatic rings. The van der Waals surface area contributed by atoms with E-state index in [0.29, 0.717) is 32.5 Å². The summed E-state index contributed by atoms with van der Waals surface area (Å²) in [6.45, 7) is 9.48. The van der Waals surface area contributed by atoms with Crippen LogP contribution in [0.3, 0.4) is 0 Å². The number of piperidine rings is 1. The van der Waals surface area contributed by atoms with Gasteiger partial charge in [-0.2, -0.15) is 0 Å². The third-order valence-corrected chi connectivity index (χ3v) is 6.22. The molecule has 0 spiro atoms. The van der Waals surface area contributed by atoms with Gasteiger partial charge in [0.25, 0.3) is 0 Å². The third-order valence-electron chi connectivity index (χ3n) is 5.15. The van der Waals surface area contributed by atoms with Gasteiger partial charge in [-0.15, -0.1) is 0 Å². The number of amides is 1. The quantitative estimate of drug-likeness (QED) is 0.531. The smallest absolute Gasteiger partial charge is 0.309 e. The zero-order valence-corrected chi connectivity index (χ0v) is 18.4. The molecule has 0 unspecified atom stereocenters. The molecule has 1 atom stereocenters. The second kappa shape index (κ2) is 9.48. The number of ether oxygens (including phenoxy) is 1. The molecule has 0 bridgehead atoms. The van der Waals surface area contributed by atoms with E-state index in [0.717, 1.165) is 10.8 Å². The summed E-state index contributed by atoms with van der Waals surface area (Å²) in [5, 5.41) is 0.554. The van der Waals surface area contributed by atoms with Crippen molar-refractivity contribution >= 4 is 23.6 Å². The Morgan fingerprint density at radius 1 is 1.21 bits per heavy atom. The number of carbonyl (C=O) groups is 2. The van der Waals surface area contributed by atoms with Gasteiger partial charge in [-0.3, -0.25) is 14.2 Å². The van der Waals surface area contributed by atoms with Gasteiger partial charge in [0.2, 0.25) is 5.91 Å². The summed E-state index contributed by atoms with van der Waals surface area (Å²) >= 11 is 1.47. The number of carbonyl (C=O) groups excluding carboxylic acids is 2. The highest BCUT2D eigenvalue weighted by Crippen LogP contribution is 2.28. The molecule has 2 heterocycles. The molecule has 0 N–H and O–H groups in total. The fourth-order valence-electron chi connectivity index (χ4n) is 3.72. The Morgan fingerprint density at radius 3 is 2.48 bits per heavy atom. The van der Waals surface area contributed by atoms with E-state index in [1.54, 1.807) is 6.20 Å². The van der Waals surface area contributed by atoms with Crippen LogP contribution >= 0.6 is 11.8 Å². The molecule has 1 aromatic carbocycles. The lowest BCUT2D eigenvalue weighted by Crippen LogP contribution is -2.43. The maximum absolute atomic E-state index is 12.9. The molecule has 1 aromatic heterocycles. The van der Waals surface area contributed by atoms with Crippen molar-refractivity contribution in [1.82, 2.24) is 14.5 Å². The van der Waals surface area contributed by atoms with Gasteiger partial charge in [0.1, 0.15) is 0 Å². The zero-order chi connectivity index (χ0) is 21.0. The first-order chi connectivity index (χ1) is 13.9. The highest BCUT2D eigenvalue weighted by molar-refractivity contribution is 8.00. The molecule has 29 heavy (non-hydrogen) atoms. The number of thioether (sulfide) groups is 1. The number of hydrogen-bond donors (Lipinski definition) is 0. The summed E-state index contributed by atoms with van der Waals surface area (Å²) in [7, 11) is 0. The Bertz CT molecular complexity index is 852. The number of likely N-dealkylation sites (tertiary alicyclic amines) is 1. The molecule has 1 amide bonds. The van der Waals surface area contributed by atoms with Gasteiger partial charge in [-0.25, -0.2) is 4.98 Å². The van der Waals surface area contributed by atoms with Gasteiger partial charge in [0, 0.05) is 31.2 Å². The average molecular weight is 416 g/mol. The van der Waals surface area contributed by atoms with E-state index < -0.39 is 0 Å². The summed E-state index contributed by atoms with van der Waals surface area (Å²) in [6, 6.07) is 6.37. The van der Waals surface area contributed by atoms with E-state index in [1.165, 1.54) is 22.9 Å². The van der Waals surface area contributed by atoms with E-state index in [4.69, 9.17) is 4.74 Å². The second-order valence-corrected chi connectivity index (χ2v) is 8.85. The van der Waals surface area contributed by atoms with Crippen LogP contribution < -0.4 is 0 Å². The van der Waals surface area contributed by atoms with Crippen LogP contribution in [0.25, 0.3) is 5.69 Å². The number of aryl methyl sites for hydroxylation is 2. The van der Waals surface area contributed by atoms with Crippen molar-refractivity contribution in [3.8, 4) is 5.69 Å². The minimum absolute atomic E-state index is 0.0901. The van der Waals surface area contributed by atoms with Crippen molar-refractivity contribution in [1.29, 1.82) is 0 Å². The molecule has 2 aromatic rings. The van der Waals surface area contributed by atoms with Crippen LogP contribution in [0.4, 0.5) is 0 Å². The van der Waals surface area contributed by atoms with Crippen LogP contribution in [0.15, 0.2) is 35.7 Å². The number of imidazole rings is 1. The highest BCUT2D eigenvalue weighted by atomic mass is 32.2. The fourth-order valence-corrected chi connectivity index (χ4v) is 4.69. The minimum atomic E-state index is -0.249. The van der Waals surface area contributed by atoms with Crippen molar-refractivity contribution in [3.63, 3.8) is 0 Å². The number of aromatic nitrogens is 2. The largest absolute Gasteiger partial charge is 0.466 e. The van der Waals surface area contributed by atoms with Gasteiger partial charge in [-0.1, -0.05) is 17.8 Å². The molecule has 1 saturated heterocycles. The van der Waals surface area contributed by atoms with Crippen molar-refractivity contribution < 1.29 is 14.3 Å². The predicted octanol–water partition coefficient (Wildman–Crippen LogP) is 3.77. The van der Waals surface area contributed by atoms with Crippen LogP contribution in [-0.4, -0.2) is 51.3 Å². The van der Waals surface area contributed by atoms with E-state index in [1.807, 2.05) is 29.5 Å². The number of benzene rings is 1. The van der Waals surface area contributed by atoms with Gasteiger partial charge >= 0.3 is 5.97 Å². The standard InChI is InChI=1S/C22H29N3O3S/c1-5-28-21(27)18-6-9-24(10-7-18)20(26)17(4)29-22-23-8-11-25(22)19-13-15(2)12-16(3)14-19/h8,11-14,17-18H,5-7,9-10H2,1-4H3/t17-/m1/s1. The Labute approximate surface area is 176 Å². The van der Waals surface area contributed by atoms with E-state index in [-0.39, 0.29) is 23.0 Å². The molecule has 1 aliphatic heterocycles. The summed E-state index contributed by atoms with van der Waals surface area (Å²) in [4.78, 5) is 31.2. The first-order valence-corrected chi connectivity index (χ1v) is 11.0. The molecule has 0 saturated carbocycles. The minimum Gasteiger partial charge on any atom is -0.466 e. The van der Waals surface area contributed by atoms with Crippen LogP contribution in [0.2, 0.25) is 0 Å². The fraction of sp³-hybridized carbons (Fsp3) is 0.500. The molecular formula is C22H29N3O3S. The lowest BCUT2D eigenvalue weighted by molar-refractivity contribution is -0.151. The lowest BCUT2D eigenvalue weighted by atomic mass is 9.97.